The van der Waals surface area contributed by atoms with Crippen molar-refractivity contribution >= 4 is 11.8 Å². The van der Waals surface area contributed by atoms with Crippen molar-refractivity contribution in [1.29, 1.82) is 0 Å². The molecule has 1 aliphatic carbocycles. The second kappa shape index (κ2) is 11.1. The Balaban J connectivity index is 1.23. The van der Waals surface area contributed by atoms with E-state index in [1.807, 2.05) is 4.90 Å². The van der Waals surface area contributed by atoms with E-state index in [1.54, 1.807) is 0 Å². The number of carbonyl (C=O) groups is 2. The second-order valence-corrected chi connectivity index (χ2v) is 10.2. The molecule has 2 N–H and O–H groups in total. The molecule has 176 valence electrons. The Hall–Kier alpha value is -1.18. The van der Waals surface area contributed by atoms with Crippen LogP contribution in [0.1, 0.15) is 77.0 Å². The predicted octanol–water partition coefficient (Wildman–Crippen LogP) is 1.74. The van der Waals surface area contributed by atoms with Crippen molar-refractivity contribution in [2.75, 3.05) is 39.3 Å². The molecule has 7 heteroatoms. The van der Waals surface area contributed by atoms with Gasteiger partial charge in [0.05, 0.1) is 12.1 Å². The summed E-state index contributed by atoms with van der Waals surface area (Å²) in [6, 6.07) is 0.369. The molecular weight excluding hydrogens is 392 g/mol. The lowest BCUT2D eigenvalue weighted by Gasteiger charge is -2.39. The van der Waals surface area contributed by atoms with Crippen LogP contribution < -0.4 is 5.32 Å². The summed E-state index contributed by atoms with van der Waals surface area (Å²) in [5.41, 5.74) is 0. The zero-order valence-electron chi connectivity index (χ0n) is 19.1. The summed E-state index contributed by atoms with van der Waals surface area (Å²) in [6.07, 6.45) is 12.2. The Bertz CT molecular complexity index is 596. The Morgan fingerprint density at radius 3 is 2.26 bits per heavy atom. The van der Waals surface area contributed by atoms with E-state index in [4.69, 9.17) is 0 Å². The maximum absolute atomic E-state index is 13.0. The Labute approximate surface area is 187 Å². The first kappa shape index (κ1) is 23.0. The van der Waals surface area contributed by atoms with Gasteiger partial charge in [-0.3, -0.25) is 14.5 Å². The average molecular weight is 435 g/mol. The number of aliphatic hydroxyl groups is 1. The van der Waals surface area contributed by atoms with E-state index in [2.05, 4.69) is 15.1 Å². The van der Waals surface area contributed by atoms with Gasteiger partial charge in [-0.05, 0) is 58.0 Å². The van der Waals surface area contributed by atoms with E-state index >= 15 is 0 Å². The van der Waals surface area contributed by atoms with Crippen LogP contribution >= 0.6 is 0 Å². The molecule has 0 radical (unpaired) electrons. The van der Waals surface area contributed by atoms with Crippen molar-refractivity contribution in [3.63, 3.8) is 0 Å². The minimum Gasteiger partial charge on any atom is -0.392 e. The molecule has 4 rings (SSSR count). The molecule has 3 heterocycles. The minimum atomic E-state index is -0.425. The van der Waals surface area contributed by atoms with Crippen molar-refractivity contribution in [3.8, 4) is 0 Å². The van der Waals surface area contributed by atoms with Crippen molar-refractivity contribution in [2.24, 2.45) is 0 Å². The number of piperidine rings is 2. The van der Waals surface area contributed by atoms with Crippen LogP contribution in [0.2, 0.25) is 0 Å². The molecule has 0 spiro atoms. The molecule has 3 saturated heterocycles. The van der Waals surface area contributed by atoms with Gasteiger partial charge in [0.15, 0.2) is 0 Å². The molecule has 1 saturated carbocycles. The third-order valence-electron chi connectivity index (χ3n) is 7.95. The van der Waals surface area contributed by atoms with Gasteiger partial charge >= 0.3 is 0 Å². The lowest BCUT2D eigenvalue weighted by molar-refractivity contribution is -0.134. The van der Waals surface area contributed by atoms with Crippen molar-refractivity contribution in [1.82, 2.24) is 20.0 Å². The van der Waals surface area contributed by atoms with Gasteiger partial charge < -0.3 is 20.2 Å². The molecule has 4 fully saturated rings. The second-order valence-electron chi connectivity index (χ2n) is 10.2. The van der Waals surface area contributed by atoms with Gasteiger partial charge in [0.1, 0.15) is 0 Å². The summed E-state index contributed by atoms with van der Waals surface area (Å²) < 4.78 is 0. The molecule has 4 aliphatic rings. The number of carbonyl (C=O) groups excluding carboxylic acids is 2. The Morgan fingerprint density at radius 2 is 1.55 bits per heavy atom. The van der Waals surface area contributed by atoms with Crippen LogP contribution in [0.5, 0.6) is 0 Å². The number of likely N-dealkylation sites (tertiary alicyclic amines) is 3. The van der Waals surface area contributed by atoms with Crippen LogP contribution in [0.25, 0.3) is 0 Å². The average Bonchev–Trinajstić information content (AvgIpc) is 3.21. The normalized spacial score (nSPS) is 29.9. The van der Waals surface area contributed by atoms with Crippen molar-refractivity contribution in [3.05, 3.63) is 0 Å². The van der Waals surface area contributed by atoms with Gasteiger partial charge in [-0.15, -0.1) is 0 Å². The molecule has 2 atom stereocenters. The van der Waals surface area contributed by atoms with E-state index in [0.29, 0.717) is 25.4 Å². The number of hydrogen-bond acceptors (Lipinski definition) is 5. The highest BCUT2D eigenvalue weighted by atomic mass is 16.3. The lowest BCUT2D eigenvalue weighted by atomic mass is 9.95. The first-order valence-corrected chi connectivity index (χ1v) is 12.8. The summed E-state index contributed by atoms with van der Waals surface area (Å²) in [4.78, 5) is 32.4. The van der Waals surface area contributed by atoms with Gasteiger partial charge in [0, 0.05) is 44.7 Å². The maximum Gasteiger partial charge on any atom is 0.237 e. The van der Waals surface area contributed by atoms with Gasteiger partial charge in [-0.25, -0.2) is 0 Å². The fourth-order valence-corrected chi connectivity index (χ4v) is 6.09. The smallest absolute Gasteiger partial charge is 0.237 e. The van der Waals surface area contributed by atoms with E-state index in [9.17, 15) is 14.7 Å². The molecule has 0 unspecified atom stereocenters. The number of β-amino-alcohol motifs (C(OH)–C–C–N with tert-alkyl or cyclic N) is 1. The standard InChI is InChI=1S/C24H42N4O3/c29-21-17-22(24(31)25-19-7-3-1-4-8-19)28(18-21)20-9-15-27(16-10-20)23(30)11-14-26-12-5-2-6-13-26/h19-22,29H,1-18H2,(H,25,31)/t21-,22+/m1/s1. The summed E-state index contributed by atoms with van der Waals surface area (Å²) in [7, 11) is 0. The van der Waals surface area contributed by atoms with Gasteiger partial charge in [-0.1, -0.05) is 25.7 Å². The Morgan fingerprint density at radius 1 is 0.871 bits per heavy atom. The molecule has 3 aliphatic heterocycles. The van der Waals surface area contributed by atoms with Crippen LogP contribution in [0, 0.1) is 0 Å². The number of nitrogens with zero attached hydrogens (tertiary/aromatic N) is 3. The highest BCUT2D eigenvalue weighted by Gasteiger charge is 2.41. The fraction of sp³-hybridized carbons (Fsp3) is 0.917. The predicted molar refractivity (Wildman–Crippen MR) is 121 cm³/mol. The molecule has 31 heavy (non-hydrogen) atoms. The summed E-state index contributed by atoms with van der Waals surface area (Å²) >= 11 is 0. The summed E-state index contributed by atoms with van der Waals surface area (Å²) in [5, 5.41) is 13.6. The van der Waals surface area contributed by atoms with Crippen LogP contribution in [0.3, 0.4) is 0 Å². The molecule has 7 nitrogen and oxygen atoms in total. The van der Waals surface area contributed by atoms with Crippen molar-refractivity contribution < 1.29 is 14.7 Å². The van der Waals surface area contributed by atoms with E-state index < -0.39 is 6.10 Å². The van der Waals surface area contributed by atoms with Crippen LogP contribution in [-0.2, 0) is 9.59 Å². The van der Waals surface area contributed by atoms with Crippen LogP contribution in [0.15, 0.2) is 0 Å². The van der Waals surface area contributed by atoms with Gasteiger partial charge in [0.2, 0.25) is 11.8 Å². The largest absolute Gasteiger partial charge is 0.392 e. The molecule has 2 amide bonds. The zero-order valence-corrected chi connectivity index (χ0v) is 19.1. The highest BCUT2D eigenvalue weighted by molar-refractivity contribution is 5.82. The number of nitrogens with one attached hydrogen (secondary N) is 1. The number of aliphatic hydroxyl groups excluding tert-OH is 1. The summed E-state index contributed by atoms with van der Waals surface area (Å²) in [6.45, 7) is 5.28. The first-order valence-electron chi connectivity index (χ1n) is 12.8. The summed E-state index contributed by atoms with van der Waals surface area (Å²) in [5.74, 6) is 0.376. The van der Waals surface area contributed by atoms with Crippen LogP contribution in [-0.4, -0.2) is 95.1 Å². The van der Waals surface area contributed by atoms with Crippen LogP contribution in [0.4, 0.5) is 0 Å². The van der Waals surface area contributed by atoms with Gasteiger partial charge in [-0.2, -0.15) is 0 Å². The third kappa shape index (κ3) is 6.20. The topological polar surface area (TPSA) is 76.1 Å². The number of hydrogen-bond donors (Lipinski definition) is 2. The first-order chi connectivity index (χ1) is 15.1. The lowest BCUT2D eigenvalue weighted by Crippen LogP contribution is -2.53. The molecule has 0 aromatic heterocycles. The van der Waals surface area contributed by atoms with E-state index in [1.165, 1.54) is 38.5 Å². The molecule has 0 bridgehead atoms. The number of amides is 2. The fourth-order valence-electron chi connectivity index (χ4n) is 6.09. The highest BCUT2D eigenvalue weighted by Crippen LogP contribution is 2.27. The molecular formula is C24H42N4O3. The third-order valence-corrected chi connectivity index (χ3v) is 7.95. The zero-order chi connectivity index (χ0) is 21.6. The maximum atomic E-state index is 13.0. The monoisotopic (exact) mass is 434 g/mol. The molecule has 0 aromatic carbocycles. The van der Waals surface area contributed by atoms with E-state index in [-0.39, 0.29) is 23.9 Å². The minimum absolute atomic E-state index is 0.100. The van der Waals surface area contributed by atoms with Crippen molar-refractivity contribution in [2.45, 2.75) is 101 Å². The molecule has 0 aromatic rings. The van der Waals surface area contributed by atoms with Gasteiger partial charge in [0.25, 0.3) is 0 Å². The van der Waals surface area contributed by atoms with E-state index in [0.717, 1.165) is 58.4 Å². The number of rotatable bonds is 6. The Kier molecular flexibility index (Phi) is 8.24. The quantitative estimate of drug-likeness (QED) is 0.666. The SMILES string of the molecule is O=C(NC1CCCCC1)[C@@H]1C[C@@H](O)CN1C1CCN(C(=O)CCN2CCCCC2)CC1.